The number of aliphatic imine (C=N–C) groups is 1. The molecule has 0 radical (unpaired) electrons. The summed E-state index contributed by atoms with van der Waals surface area (Å²) in [7, 11) is 1.78. The number of nitrogens with one attached hydrogen (secondary N) is 2. The van der Waals surface area contributed by atoms with Crippen LogP contribution in [0.1, 0.15) is 45.4 Å². The van der Waals surface area contributed by atoms with E-state index < -0.39 is 0 Å². The van der Waals surface area contributed by atoms with Crippen LogP contribution in [0.2, 0.25) is 0 Å². The maximum absolute atomic E-state index is 5.16. The molecule has 2 N–H and O–H groups in total. The predicted molar refractivity (Wildman–Crippen MR) is 92.4 cm³/mol. The number of piperidine rings is 1. The third kappa shape index (κ3) is 6.13. The summed E-state index contributed by atoms with van der Waals surface area (Å²) in [6.45, 7) is 8.33. The molecule has 2 rings (SSSR count). The highest BCUT2D eigenvalue weighted by Gasteiger charge is 2.19. The maximum Gasteiger partial charge on any atom is 0.191 e. The minimum atomic E-state index is 0.633. The Morgan fingerprint density at radius 3 is 2.55 bits per heavy atom. The Balaban J connectivity index is 1.71. The van der Waals surface area contributed by atoms with Crippen molar-refractivity contribution >= 4 is 5.96 Å². The molecule has 1 saturated carbocycles. The van der Waals surface area contributed by atoms with Crippen LogP contribution in [0.15, 0.2) is 4.99 Å². The van der Waals surface area contributed by atoms with Crippen LogP contribution in [0, 0.1) is 5.92 Å². The van der Waals surface area contributed by atoms with Crippen molar-refractivity contribution in [2.75, 3.05) is 46.4 Å². The molecule has 2 aliphatic rings. The Kier molecular flexibility index (Phi) is 8.02. The second-order valence-corrected chi connectivity index (χ2v) is 6.62. The van der Waals surface area contributed by atoms with Gasteiger partial charge in [0, 0.05) is 32.8 Å². The lowest BCUT2D eigenvalue weighted by Crippen LogP contribution is -2.43. The molecule has 128 valence electrons. The number of hydrogen-bond acceptors (Lipinski definition) is 3. The second kappa shape index (κ2) is 10.1. The van der Waals surface area contributed by atoms with Gasteiger partial charge in [-0.2, -0.15) is 0 Å². The average molecular weight is 310 g/mol. The van der Waals surface area contributed by atoms with Crippen molar-refractivity contribution in [2.45, 2.75) is 51.5 Å². The third-order valence-electron chi connectivity index (χ3n) is 4.87. The van der Waals surface area contributed by atoms with E-state index in [1.54, 1.807) is 7.11 Å². The van der Waals surface area contributed by atoms with Crippen molar-refractivity contribution in [2.24, 2.45) is 10.9 Å². The van der Waals surface area contributed by atoms with Crippen LogP contribution in [0.5, 0.6) is 0 Å². The highest BCUT2D eigenvalue weighted by molar-refractivity contribution is 5.80. The first-order chi connectivity index (χ1) is 10.8. The molecule has 0 amide bonds. The lowest BCUT2D eigenvalue weighted by Gasteiger charge is -2.31. The molecule has 22 heavy (non-hydrogen) atoms. The molecular formula is C17H34N4O. The Bertz CT molecular complexity index is 321. The van der Waals surface area contributed by atoms with Gasteiger partial charge in [-0.1, -0.05) is 12.8 Å². The monoisotopic (exact) mass is 310 g/mol. The minimum Gasteiger partial charge on any atom is -0.383 e. The first-order valence-corrected chi connectivity index (χ1v) is 9.08. The van der Waals surface area contributed by atoms with Gasteiger partial charge in [0.1, 0.15) is 0 Å². The van der Waals surface area contributed by atoms with Crippen LogP contribution in [-0.2, 0) is 4.74 Å². The molecule has 1 aliphatic heterocycles. The summed E-state index contributed by atoms with van der Waals surface area (Å²) < 4.78 is 5.16. The molecule has 2 fully saturated rings. The normalized spacial score (nSPS) is 22.2. The van der Waals surface area contributed by atoms with Crippen molar-refractivity contribution < 1.29 is 4.74 Å². The number of rotatable bonds is 7. The second-order valence-electron chi connectivity index (χ2n) is 6.62. The molecule has 0 atom stereocenters. The highest BCUT2D eigenvalue weighted by atomic mass is 16.5. The van der Waals surface area contributed by atoms with Gasteiger partial charge < -0.3 is 20.3 Å². The fourth-order valence-electron chi connectivity index (χ4n) is 3.42. The number of ether oxygens (including phenoxy) is 1. The summed E-state index contributed by atoms with van der Waals surface area (Å²) in [5.41, 5.74) is 0. The highest BCUT2D eigenvalue weighted by Crippen LogP contribution is 2.18. The number of nitrogens with zero attached hydrogens (tertiary/aromatic N) is 2. The summed E-state index contributed by atoms with van der Waals surface area (Å²) in [5, 5.41) is 7.00. The fraction of sp³-hybridized carbons (Fsp3) is 0.941. The van der Waals surface area contributed by atoms with Crippen molar-refractivity contribution in [3.05, 3.63) is 0 Å². The summed E-state index contributed by atoms with van der Waals surface area (Å²) in [4.78, 5) is 7.34. The van der Waals surface area contributed by atoms with E-state index >= 15 is 0 Å². The molecule has 5 nitrogen and oxygen atoms in total. The number of methoxy groups -OCH3 is 1. The van der Waals surface area contributed by atoms with E-state index in [0.29, 0.717) is 6.04 Å². The van der Waals surface area contributed by atoms with Crippen LogP contribution in [0.25, 0.3) is 0 Å². The minimum absolute atomic E-state index is 0.633. The largest absolute Gasteiger partial charge is 0.383 e. The Hall–Kier alpha value is -0.810. The van der Waals surface area contributed by atoms with Gasteiger partial charge in [-0.25, -0.2) is 0 Å². The SMILES string of the molecule is CCNC(=NCC1CCN(CCOC)CC1)NC1CCCC1. The van der Waals surface area contributed by atoms with Crippen molar-refractivity contribution in [3.8, 4) is 0 Å². The van der Waals surface area contributed by atoms with Crippen LogP contribution in [0.4, 0.5) is 0 Å². The van der Waals surface area contributed by atoms with E-state index in [0.717, 1.165) is 38.1 Å². The first kappa shape index (κ1) is 17.5. The molecule has 1 saturated heterocycles. The first-order valence-electron chi connectivity index (χ1n) is 9.08. The molecule has 0 aromatic rings. The van der Waals surface area contributed by atoms with Crippen LogP contribution >= 0.6 is 0 Å². The summed E-state index contributed by atoms with van der Waals surface area (Å²) in [6, 6.07) is 0.633. The van der Waals surface area contributed by atoms with Crippen LogP contribution < -0.4 is 10.6 Å². The summed E-state index contributed by atoms with van der Waals surface area (Å²) in [6.07, 6.45) is 7.82. The van der Waals surface area contributed by atoms with Crippen molar-refractivity contribution in [1.82, 2.24) is 15.5 Å². The molecule has 0 aromatic carbocycles. The van der Waals surface area contributed by atoms with E-state index in [2.05, 4.69) is 22.5 Å². The molecule has 0 bridgehead atoms. The van der Waals surface area contributed by atoms with Crippen LogP contribution in [-0.4, -0.2) is 63.3 Å². The van der Waals surface area contributed by atoms with Gasteiger partial charge in [0.2, 0.25) is 0 Å². The van der Waals surface area contributed by atoms with E-state index in [-0.39, 0.29) is 0 Å². The number of hydrogen-bond donors (Lipinski definition) is 2. The third-order valence-corrected chi connectivity index (χ3v) is 4.87. The zero-order valence-electron chi connectivity index (χ0n) is 14.4. The average Bonchev–Trinajstić information content (AvgIpc) is 3.05. The standard InChI is InChI=1S/C17H34N4O/c1-3-18-17(20-16-6-4-5-7-16)19-14-15-8-10-21(11-9-15)12-13-22-2/h15-16H,3-14H2,1-2H3,(H2,18,19,20). The van der Waals surface area contributed by atoms with Gasteiger partial charge in [-0.3, -0.25) is 4.99 Å². The van der Waals surface area contributed by atoms with Gasteiger partial charge in [-0.15, -0.1) is 0 Å². The fourth-order valence-corrected chi connectivity index (χ4v) is 3.42. The number of guanidine groups is 1. The maximum atomic E-state index is 5.16. The molecule has 0 aromatic heterocycles. The zero-order chi connectivity index (χ0) is 15.6. The van der Waals surface area contributed by atoms with Gasteiger partial charge in [0.15, 0.2) is 5.96 Å². The quantitative estimate of drug-likeness (QED) is 0.556. The predicted octanol–water partition coefficient (Wildman–Crippen LogP) is 1.84. The molecule has 5 heteroatoms. The Labute approximate surface area is 135 Å². The molecule has 0 spiro atoms. The lowest BCUT2D eigenvalue weighted by molar-refractivity contribution is 0.121. The van der Waals surface area contributed by atoms with E-state index in [1.165, 1.54) is 51.6 Å². The Morgan fingerprint density at radius 2 is 1.91 bits per heavy atom. The van der Waals surface area contributed by atoms with E-state index in [4.69, 9.17) is 9.73 Å². The molecular weight excluding hydrogens is 276 g/mol. The smallest absolute Gasteiger partial charge is 0.191 e. The van der Waals surface area contributed by atoms with Gasteiger partial charge in [-0.05, 0) is 51.6 Å². The number of likely N-dealkylation sites (tertiary alicyclic amines) is 1. The zero-order valence-corrected chi connectivity index (χ0v) is 14.4. The van der Waals surface area contributed by atoms with Gasteiger partial charge in [0.25, 0.3) is 0 Å². The van der Waals surface area contributed by atoms with Crippen molar-refractivity contribution in [3.63, 3.8) is 0 Å². The lowest BCUT2D eigenvalue weighted by atomic mass is 9.97. The van der Waals surface area contributed by atoms with Crippen molar-refractivity contribution in [1.29, 1.82) is 0 Å². The van der Waals surface area contributed by atoms with E-state index in [1.807, 2.05) is 0 Å². The summed E-state index contributed by atoms with van der Waals surface area (Å²) in [5.74, 6) is 1.76. The van der Waals surface area contributed by atoms with Gasteiger partial charge in [0.05, 0.1) is 6.61 Å². The molecule has 1 aliphatic carbocycles. The van der Waals surface area contributed by atoms with Crippen LogP contribution in [0.3, 0.4) is 0 Å². The summed E-state index contributed by atoms with van der Waals surface area (Å²) >= 11 is 0. The molecule has 0 unspecified atom stereocenters. The van der Waals surface area contributed by atoms with Gasteiger partial charge >= 0.3 is 0 Å². The topological polar surface area (TPSA) is 48.9 Å². The van der Waals surface area contributed by atoms with E-state index in [9.17, 15) is 0 Å². The molecule has 1 heterocycles. The Morgan fingerprint density at radius 1 is 1.18 bits per heavy atom.